The topological polar surface area (TPSA) is 127 Å². The molecule has 1 aliphatic heterocycles. The van der Waals surface area contributed by atoms with Crippen molar-refractivity contribution < 1.29 is 37.4 Å². The van der Waals surface area contributed by atoms with E-state index < -0.39 is 33.8 Å². The number of hydrogen-bond acceptors (Lipinski definition) is 8. The monoisotopic (exact) mass is 391 g/mol. The van der Waals surface area contributed by atoms with Crippen molar-refractivity contribution in [3.05, 3.63) is 15.8 Å². The predicted molar refractivity (Wildman–Crippen MR) is 86.1 cm³/mol. The second-order valence-electron chi connectivity index (χ2n) is 5.30. The number of piperidine rings is 1. The zero-order valence-corrected chi connectivity index (χ0v) is 15.2. The quantitative estimate of drug-likeness (QED) is 0.731. The van der Waals surface area contributed by atoms with Gasteiger partial charge < -0.3 is 14.6 Å². The molecule has 11 heteroatoms. The highest BCUT2D eigenvalue weighted by Crippen LogP contribution is 2.32. The Labute approximate surface area is 148 Å². The van der Waals surface area contributed by atoms with Crippen LogP contribution in [0.15, 0.2) is 11.0 Å². The van der Waals surface area contributed by atoms with Gasteiger partial charge in [0.15, 0.2) is 0 Å². The molecule has 0 saturated carbocycles. The number of aliphatic carboxylic acids is 1. The van der Waals surface area contributed by atoms with Gasteiger partial charge in [-0.1, -0.05) is 0 Å². The van der Waals surface area contributed by atoms with Gasteiger partial charge in [-0.15, -0.1) is 11.3 Å². The van der Waals surface area contributed by atoms with Crippen LogP contribution in [0.2, 0.25) is 0 Å². The molecule has 2 heterocycles. The molecule has 0 bridgehead atoms. The standard InChI is InChI=1S/C14H17NO8S2/c1-22-13(18)9-7-10(11(24-9)14(19)23-2)25(20,21)15-5-3-8(4-6-15)12(16)17/h7-8H,3-6H2,1-2H3,(H,16,17). The highest BCUT2D eigenvalue weighted by Gasteiger charge is 2.36. The molecule has 1 N–H and O–H groups in total. The Kier molecular flexibility index (Phi) is 5.80. The number of carboxylic acids is 1. The Morgan fingerprint density at radius 2 is 1.72 bits per heavy atom. The fourth-order valence-electron chi connectivity index (χ4n) is 2.48. The third kappa shape index (κ3) is 3.83. The Bertz CT molecular complexity index is 790. The van der Waals surface area contributed by atoms with Crippen LogP contribution in [0.3, 0.4) is 0 Å². The summed E-state index contributed by atoms with van der Waals surface area (Å²) in [7, 11) is -1.83. The Balaban J connectivity index is 2.38. The molecule has 2 rings (SSSR count). The van der Waals surface area contributed by atoms with Crippen molar-refractivity contribution in [1.29, 1.82) is 0 Å². The molecule has 1 aromatic heterocycles. The number of thiophene rings is 1. The first-order valence-electron chi connectivity index (χ1n) is 7.25. The van der Waals surface area contributed by atoms with Gasteiger partial charge in [-0.25, -0.2) is 18.0 Å². The van der Waals surface area contributed by atoms with Crippen LogP contribution in [-0.4, -0.2) is 63.0 Å². The highest BCUT2D eigenvalue weighted by molar-refractivity contribution is 7.89. The summed E-state index contributed by atoms with van der Waals surface area (Å²) in [6, 6.07) is 1.08. The molecule has 0 amide bonds. The lowest BCUT2D eigenvalue weighted by atomic mass is 9.99. The number of carboxylic acid groups (broad SMARTS) is 1. The van der Waals surface area contributed by atoms with Gasteiger partial charge in [-0.3, -0.25) is 4.79 Å². The van der Waals surface area contributed by atoms with Gasteiger partial charge in [0.05, 0.1) is 20.1 Å². The highest BCUT2D eigenvalue weighted by atomic mass is 32.2. The minimum absolute atomic E-state index is 0.0172. The van der Waals surface area contributed by atoms with Crippen LogP contribution >= 0.6 is 11.3 Å². The molecule has 9 nitrogen and oxygen atoms in total. The number of rotatable bonds is 5. The van der Waals surface area contributed by atoms with Crippen molar-refractivity contribution in [2.75, 3.05) is 27.3 Å². The van der Waals surface area contributed by atoms with Crippen molar-refractivity contribution >= 4 is 39.3 Å². The zero-order chi connectivity index (χ0) is 18.8. The molecule has 1 fully saturated rings. The Morgan fingerprint density at radius 1 is 1.16 bits per heavy atom. The summed E-state index contributed by atoms with van der Waals surface area (Å²) >= 11 is 0.672. The maximum Gasteiger partial charge on any atom is 0.349 e. The maximum atomic E-state index is 12.9. The van der Waals surface area contributed by atoms with E-state index in [2.05, 4.69) is 9.47 Å². The first kappa shape index (κ1) is 19.3. The van der Waals surface area contributed by atoms with Crippen LogP contribution in [0.4, 0.5) is 0 Å². The fraction of sp³-hybridized carbons (Fsp3) is 0.500. The maximum absolute atomic E-state index is 12.9. The molecule has 0 atom stereocenters. The molecule has 1 aliphatic rings. The van der Waals surface area contributed by atoms with E-state index in [0.717, 1.165) is 24.6 Å². The number of ether oxygens (including phenoxy) is 2. The van der Waals surface area contributed by atoms with E-state index in [1.807, 2.05) is 0 Å². The first-order chi connectivity index (χ1) is 11.7. The van der Waals surface area contributed by atoms with Gasteiger partial charge in [0.1, 0.15) is 14.6 Å². The molecule has 1 saturated heterocycles. The summed E-state index contributed by atoms with van der Waals surface area (Å²) < 4.78 is 36.0. The minimum Gasteiger partial charge on any atom is -0.481 e. The molecular weight excluding hydrogens is 374 g/mol. The molecular formula is C14H17NO8S2. The van der Waals surface area contributed by atoms with Gasteiger partial charge in [-0.2, -0.15) is 4.31 Å². The number of esters is 2. The van der Waals surface area contributed by atoms with Crippen LogP contribution in [0.1, 0.15) is 32.2 Å². The largest absolute Gasteiger partial charge is 0.481 e. The van der Waals surface area contributed by atoms with E-state index in [1.54, 1.807) is 0 Å². The van der Waals surface area contributed by atoms with E-state index >= 15 is 0 Å². The molecule has 1 aromatic rings. The third-order valence-corrected chi connectivity index (χ3v) is 7.02. The SMILES string of the molecule is COC(=O)c1cc(S(=O)(=O)N2CCC(C(=O)O)CC2)c(C(=O)OC)s1. The number of carbonyl (C=O) groups is 3. The van der Waals surface area contributed by atoms with Gasteiger partial charge in [0.2, 0.25) is 10.0 Å². The Morgan fingerprint density at radius 3 is 2.20 bits per heavy atom. The molecule has 0 unspecified atom stereocenters. The average Bonchev–Trinajstić information content (AvgIpc) is 3.06. The number of carbonyl (C=O) groups excluding carboxylic acids is 2. The van der Waals surface area contributed by atoms with Gasteiger partial charge >= 0.3 is 17.9 Å². The summed E-state index contributed by atoms with van der Waals surface area (Å²) in [6.07, 6.45) is 0.353. The number of sulfonamides is 1. The van der Waals surface area contributed by atoms with Crippen LogP contribution in [0.25, 0.3) is 0 Å². The van der Waals surface area contributed by atoms with E-state index in [9.17, 15) is 22.8 Å². The van der Waals surface area contributed by atoms with E-state index in [0.29, 0.717) is 11.3 Å². The molecule has 0 aliphatic carbocycles. The van der Waals surface area contributed by atoms with Crippen molar-refractivity contribution in [2.45, 2.75) is 17.7 Å². The van der Waals surface area contributed by atoms with Crippen LogP contribution in [0, 0.1) is 5.92 Å². The van der Waals surface area contributed by atoms with Gasteiger partial charge in [-0.05, 0) is 18.9 Å². The van der Waals surface area contributed by atoms with Crippen molar-refractivity contribution in [3.8, 4) is 0 Å². The van der Waals surface area contributed by atoms with Crippen LogP contribution < -0.4 is 0 Å². The average molecular weight is 391 g/mol. The predicted octanol–water partition coefficient (Wildman–Crippen LogP) is 0.807. The second-order valence-corrected chi connectivity index (χ2v) is 8.26. The van der Waals surface area contributed by atoms with Crippen molar-refractivity contribution in [1.82, 2.24) is 4.31 Å². The summed E-state index contributed by atoms with van der Waals surface area (Å²) in [5.74, 6) is -3.20. The molecule has 0 aromatic carbocycles. The molecule has 0 radical (unpaired) electrons. The molecule has 138 valence electrons. The van der Waals surface area contributed by atoms with E-state index in [1.165, 1.54) is 0 Å². The fourth-order valence-corrected chi connectivity index (χ4v) is 5.44. The van der Waals surface area contributed by atoms with Crippen molar-refractivity contribution in [2.24, 2.45) is 5.92 Å². The number of hydrogen-bond donors (Lipinski definition) is 1. The second kappa shape index (κ2) is 7.50. The van der Waals surface area contributed by atoms with Crippen molar-refractivity contribution in [3.63, 3.8) is 0 Å². The summed E-state index contributed by atoms with van der Waals surface area (Å²) in [4.78, 5) is 34.0. The lowest BCUT2D eigenvalue weighted by Gasteiger charge is -2.29. The zero-order valence-electron chi connectivity index (χ0n) is 13.6. The Hall–Kier alpha value is -1.98. The first-order valence-corrected chi connectivity index (χ1v) is 9.51. The lowest BCUT2D eigenvalue weighted by molar-refractivity contribution is -0.142. The summed E-state index contributed by atoms with van der Waals surface area (Å²) in [5, 5.41) is 9.01. The lowest BCUT2D eigenvalue weighted by Crippen LogP contribution is -2.40. The minimum atomic E-state index is -4.08. The number of nitrogens with zero attached hydrogens (tertiary/aromatic N) is 1. The summed E-state index contributed by atoms with van der Waals surface area (Å²) in [6.45, 7) is 0.0344. The van der Waals surface area contributed by atoms with Crippen LogP contribution in [-0.2, 0) is 24.3 Å². The van der Waals surface area contributed by atoms with E-state index in [-0.39, 0.29) is 40.6 Å². The van der Waals surface area contributed by atoms with Gasteiger partial charge in [0, 0.05) is 13.1 Å². The van der Waals surface area contributed by atoms with Gasteiger partial charge in [0.25, 0.3) is 0 Å². The normalized spacial score (nSPS) is 16.4. The summed E-state index contributed by atoms with van der Waals surface area (Å²) in [5.41, 5.74) is 0. The smallest absolute Gasteiger partial charge is 0.349 e. The van der Waals surface area contributed by atoms with E-state index in [4.69, 9.17) is 5.11 Å². The third-order valence-electron chi connectivity index (χ3n) is 3.88. The number of methoxy groups -OCH3 is 2. The van der Waals surface area contributed by atoms with Crippen LogP contribution in [0.5, 0.6) is 0 Å². The molecule has 0 spiro atoms. The molecule has 25 heavy (non-hydrogen) atoms.